The molecular weight excluding hydrogens is 471 g/mol. The van der Waals surface area contributed by atoms with Gasteiger partial charge in [0.2, 0.25) is 5.88 Å². The lowest BCUT2D eigenvalue weighted by molar-refractivity contribution is -0.00805. The van der Waals surface area contributed by atoms with E-state index >= 15 is 0 Å². The van der Waals surface area contributed by atoms with E-state index in [1.165, 1.54) is 0 Å². The van der Waals surface area contributed by atoms with E-state index in [0.29, 0.717) is 19.0 Å². The summed E-state index contributed by atoms with van der Waals surface area (Å²) in [6, 6.07) is 3.91. The lowest BCUT2D eigenvalue weighted by Crippen LogP contribution is -2.47. The van der Waals surface area contributed by atoms with Crippen molar-refractivity contribution < 1.29 is 9.47 Å². The van der Waals surface area contributed by atoms with Crippen LogP contribution in [0.15, 0.2) is 35.7 Å². The molecule has 9 heteroatoms. The van der Waals surface area contributed by atoms with Crippen molar-refractivity contribution >= 4 is 29.9 Å². The number of morpholine rings is 1. The molecule has 1 aliphatic rings. The third-order valence-electron chi connectivity index (χ3n) is 4.28. The molecular formula is C19H29IN6O2. The number of pyridine rings is 1. The second-order valence-corrected chi connectivity index (χ2v) is 6.82. The number of hydrogen-bond donors (Lipinski definition) is 1. The van der Waals surface area contributed by atoms with Gasteiger partial charge in [0.25, 0.3) is 0 Å². The molecule has 2 aromatic rings. The summed E-state index contributed by atoms with van der Waals surface area (Å²) in [5.41, 5.74) is 2.16. The van der Waals surface area contributed by atoms with E-state index in [4.69, 9.17) is 9.47 Å². The van der Waals surface area contributed by atoms with Gasteiger partial charge < -0.3 is 19.7 Å². The van der Waals surface area contributed by atoms with E-state index in [-0.39, 0.29) is 36.2 Å². The second-order valence-electron chi connectivity index (χ2n) is 6.82. The first-order valence-electron chi connectivity index (χ1n) is 9.22. The third-order valence-corrected chi connectivity index (χ3v) is 4.28. The number of nitrogens with one attached hydrogen (secondary N) is 1. The lowest BCUT2D eigenvalue weighted by atomic mass is 10.1. The van der Waals surface area contributed by atoms with Crippen molar-refractivity contribution in [2.24, 2.45) is 12.0 Å². The molecule has 3 rings (SSSR count). The van der Waals surface area contributed by atoms with Crippen LogP contribution >= 0.6 is 24.0 Å². The molecule has 0 aromatic carbocycles. The number of guanidine groups is 1. The topological polar surface area (TPSA) is 76.8 Å². The highest BCUT2D eigenvalue weighted by Gasteiger charge is 2.25. The molecule has 1 fully saturated rings. The third kappa shape index (κ3) is 6.06. The van der Waals surface area contributed by atoms with Crippen LogP contribution < -0.4 is 10.1 Å². The molecule has 2 aromatic heterocycles. The minimum Gasteiger partial charge on any atom is -0.475 e. The number of ether oxygens (including phenoxy) is 2. The second kappa shape index (κ2) is 10.6. The van der Waals surface area contributed by atoms with Crippen LogP contribution in [0.25, 0.3) is 0 Å². The molecule has 0 spiro atoms. The molecule has 1 N–H and O–H groups in total. The number of nitrogens with zero attached hydrogens (tertiary/aromatic N) is 5. The van der Waals surface area contributed by atoms with Crippen LogP contribution in [-0.4, -0.2) is 58.5 Å². The standard InChI is InChI=1S/C19H28N6O2.HI/c1-14(2)27-18-6-5-15(9-21-18)10-22-19(20-3)25-7-8-26-17(13-25)16-11-23-24(4)12-16;/h5-6,9,11-12,14,17H,7-8,10,13H2,1-4H3,(H,20,22);1H. The van der Waals surface area contributed by atoms with Gasteiger partial charge in [-0.05, 0) is 19.4 Å². The van der Waals surface area contributed by atoms with Crippen LogP contribution in [0.5, 0.6) is 5.88 Å². The lowest BCUT2D eigenvalue weighted by Gasteiger charge is -2.34. The predicted molar refractivity (Wildman–Crippen MR) is 119 cm³/mol. The van der Waals surface area contributed by atoms with Gasteiger partial charge in [0, 0.05) is 51.2 Å². The highest BCUT2D eigenvalue weighted by atomic mass is 127. The highest BCUT2D eigenvalue weighted by Crippen LogP contribution is 2.21. The van der Waals surface area contributed by atoms with E-state index in [0.717, 1.165) is 30.2 Å². The Labute approximate surface area is 183 Å². The molecule has 3 heterocycles. The summed E-state index contributed by atoms with van der Waals surface area (Å²) in [5.74, 6) is 1.50. The molecule has 154 valence electrons. The van der Waals surface area contributed by atoms with Crippen molar-refractivity contribution in [2.75, 3.05) is 26.7 Å². The Balaban J connectivity index is 0.00000280. The van der Waals surface area contributed by atoms with Crippen LogP contribution in [0.1, 0.15) is 31.1 Å². The van der Waals surface area contributed by atoms with Crippen molar-refractivity contribution in [3.63, 3.8) is 0 Å². The molecule has 1 aliphatic heterocycles. The molecule has 0 aliphatic carbocycles. The molecule has 0 radical (unpaired) electrons. The van der Waals surface area contributed by atoms with Gasteiger partial charge in [-0.3, -0.25) is 9.67 Å². The average molecular weight is 500 g/mol. The zero-order valence-corrected chi connectivity index (χ0v) is 19.2. The molecule has 0 saturated carbocycles. The van der Waals surface area contributed by atoms with Crippen molar-refractivity contribution in [1.29, 1.82) is 0 Å². The number of aromatic nitrogens is 3. The summed E-state index contributed by atoms with van der Waals surface area (Å²) in [6.07, 6.45) is 5.80. The Morgan fingerprint density at radius 2 is 2.21 bits per heavy atom. The van der Waals surface area contributed by atoms with Gasteiger partial charge in [-0.15, -0.1) is 24.0 Å². The van der Waals surface area contributed by atoms with Crippen molar-refractivity contribution in [3.8, 4) is 5.88 Å². The maximum absolute atomic E-state index is 5.91. The first kappa shape index (κ1) is 22.4. The van der Waals surface area contributed by atoms with Gasteiger partial charge in [-0.25, -0.2) is 4.98 Å². The largest absolute Gasteiger partial charge is 0.475 e. The summed E-state index contributed by atoms with van der Waals surface area (Å²) in [5, 5.41) is 7.65. The van der Waals surface area contributed by atoms with Crippen molar-refractivity contribution in [2.45, 2.75) is 32.6 Å². The number of rotatable bonds is 5. The summed E-state index contributed by atoms with van der Waals surface area (Å²) in [6.45, 7) is 6.82. The Kier molecular flexibility index (Phi) is 8.49. The first-order chi connectivity index (χ1) is 13.0. The predicted octanol–water partition coefficient (Wildman–Crippen LogP) is 2.37. The SMILES string of the molecule is CN=C(NCc1ccc(OC(C)C)nc1)N1CCOC(c2cnn(C)c2)C1.I. The fourth-order valence-electron chi connectivity index (χ4n) is 2.99. The molecule has 1 saturated heterocycles. The smallest absolute Gasteiger partial charge is 0.213 e. The zero-order valence-electron chi connectivity index (χ0n) is 16.8. The van der Waals surface area contributed by atoms with Gasteiger partial charge >= 0.3 is 0 Å². The minimum atomic E-state index is 0. The number of halogens is 1. The van der Waals surface area contributed by atoms with E-state index in [1.807, 2.05) is 51.6 Å². The molecule has 0 bridgehead atoms. The first-order valence-corrected chi connectivity index (χ1v) is 9.22. The molecule has 28 heavy (non-hydrogen) atoms. The Hall–Kier alpha value is -1.88. The van der Waals surface area contributed by atoms with E-state index < -0.39 is 0 Å². The molecule has 0 amide bonds. The fraction of sp³-hybridized carbons (Fsp3) is 0.526. The maximum Gasteiger partial charge on any atom is 0.213 e. The fourth-order valence-corrected chi connectivity index (χ4v) is 2.99. The summed E-state index contributed by atoms with van der Waals surface area (Å²) < 4.78 is 13.3. The van der Waals surface area contributed by atoms with Gasteiger partial charge in [0.05, 0.1) is 25.5 Å². The van der Waals surface area contributed by atoms with Crippen LogP contribution in [0.2, 0.25) is 0 Å². The number of aryl methyl sites for hydroxylation is 1. The summed E-state index contributed by atoms with van der Waals surface area (Å²) >= 11 is 0. The van der Waals surface area contributed by atoms with Gasteiger partial charge in [0.1, 0.15) is 6.10 Å². The van der Waals surface area contributed by atoms with E-state index in [2.05, 4.69) is 25.3 Å². The number of aliphatic imine (C=N–C) groups is 1. The Morgan fingerprint density at radius 3 is 2.82 bits per heavy atom. The van der Waals surface area contributed by atoms with Crippen LogP contribution in [0.3, 0.4) is 0 Å². The number of hydrogen-bond acceptors (Lipinski definition) is 5. The van der Waals surface area contributed by atoms with Crippen molar-refractivity contribution in [3.05, 3.63) is 41.9 Å². The van der Waals surface area contributed by atoms with Gasteiger partial charge in [-0.1, -0.05) is 6.07 Å². The average Bonchev–Trinajstić information content (AvgIpc) is 3.10. The summed E-state index contributed by atoms with van der Waals surface area (Å²) in [4.78, 5) is 11.0. The van der Waals surface area contributed by atoms with Crippen LogP contribution in [0.4, 0.5) is 0 Å². The quantitative estimate of drug-likeness (QED) is 0.386. The molecule has 1 atom stereocenters. The normalized spacial score (nSPS) is 17.4. The monoisotopic (exact) mass is 500 g/mol. The summed E-state index contributed by atoms with van der Waals surface area (Å²) in [7, 11) is 3.71. The van der Waals surface area contributed by atoms with Crippen LogP contribution in [-0.2, 0) is 18.3 Å². The van der Waals surface area contributed by atoms with Gasteiger partial charge in [-0.2, -0.15) is 5.10 Å². The van der Waals surface area contributed by atoms with Crippen LogP contribution in [0, 0.1) is 0 Å². The molecule has 1 unspecified atom stereocenters. The van der Waals surface area contributed by atoms with Crippen molar-refractivity contribution in [1.82, 2.24) is 25.0 Å². The zero-order chi connectivity index (χ0) is 19.2. The Bertz CT molecular complexity index is 762. The van der Waals surface area contributed by atoms with E-state index in [1.54, 1.807) is 11.7 Å². The Morgan fingerprint density at radius 1 is 1.39 bits per heavy atom. The van der Waals surface area contributed by atoms with E-state index in [9.17, 15) is 0 Å². The minimum absolute atomic E-state index is 0. The maximum atomic E-state index is 5.91. The highest BCUT2D eigenvalue weighted by molar-refractivity contribution is 14.0. The van der Waals surface area contributed by atoms with Gasteiger partial charge in [0.15, 0.2) is 5.96 Å². The molecule has 8 nitrogen and oxygen atoms in total.